The van der Waals surface area contributed by atoms with E-state index in [1.165, 1.54) is 340 Å². The summed E-state index contributed by atoms with van der Waals surface area (Å²) in [5.74, 6) is -0.0184. The number of hydrogen-bond donors (Lipinski definition) is 3. The lowest BCUT2D eigenvalue weighted by atomic mass is 10.0. The van der Waals surface area contributed by atoms with E-state index < -0.39 is 12.1 Å². The fourth-order valence-corrected chi connectivity index (χ4v) is 11.8. The summed E-state index contributed by atoms with van der Waals surface area (Å²) < 4.78 is 5.51. The van der Waals surface area contributed by atoms with E-state index in [0.717, 1.165) is 44.9 Å². The van der Waals surface area contributed by atoms with Gasteiger partial charge >= 0.3 is 5.97 Å². The summed E-state index contributed by atoms with van der Waals surface area (Å²) in [6, 6.07) is -0.543. The van der Waals surface area contributed by atoms with Gasteiger partial charge in [-0.3, -0.25) is 9.59 Å². The van der Waals surface area contributed by atoms with Crippen molar-refractivity contribution < 1.29 is 24.5 Å². The van der Waals surface area contributed by atoms with Crippen LogP contribution < -0.4 is 5.32 Å². The van der Waals surface area contributed by atoms with Crippen molar-refractivity contribution in [3.8, 4) is 0 Å². The number of amides is 1. The molecule has 0 aromatic heterocycles. The SMILES string of the molecule is CCCCCCCCC/C=C\CCCCCCCCCC(=O)OCCCCCCCCCCCCCC/C=C\CCCCCCCCCCCCCC(=O)NC(CO)C(O)CCCCCCCCCCCCCCCCCCCCC. The Morgan fingerprint density at radius 1 is 0.333 bits per heavy atom. The fraction of sp³-hybridized carbons (Fsp3) is 0.920. The van der Waals surface area contributed by atoms with E-state index in [1.54, 1.807) is 0 Å². The van der Waals surface area contributed by atoms with E-state index in [-0.39, 0.29) is 18.5 Å². The van der Waals surface area contributed by atoms with Gasteiger partial charge in [-0.2, -0.15) is 0 Å². The molecule has 1 amide bonds. The summed E-state index contributed by atoms with van der Waals surface area (Å²) in [6.45, 7) is 4.99. The number of allylic oxidation sites excluding steroid dienone is 4. The summed E-state index contributed by atoms with van der Waals surface area (Å²) in [5, 5.41) is 23.4. The molecule has 0 heterocycles. The molecule has 2 unspecified atom stereocenters. The lowest BCUT2D eigenvalue weighted by Gasteiger charge is -2.22. The highest BCUT2D eigenvalue weighted by molar-refractivity contribution is 5.76. The van der Waals surface area contributed by atoms with E-state index in [9.17, 15) is 19.8 Å². The number of esters is 1. The number of carbonyl (C=O) groups is 2. The van der Waals surface area contributed by atoms with Gasteiger partial charge in [0.15, 0.2) is 0 Å². The normalized spacial score (nSPS) is 12.6. The average molecular weight is 1140 g/mol. The van der Waals surface area contributed by atoms with Crippen LogP contribution in [-0.2, 0) is 14.3 Å². The number of nitrogens with one attached hydrogen (secondary N) is 1. The molecule has 0 aromatic rings. The van der Waals surface area contributed by atoms with Crippen molar-refractivity contribution in [1.82, 2.24) is 5.32 Å². The molecule has 0 rings (SSSR count). The van der Waals surface area contributed by atoms with Crippen LogP contribution in [0.1, 0.15) is 418 Å². The molecular weight excluding hydrogens is 995 g/mol. The molecule has 81 heavy (non-hydrogen) atoms. The second-order valence-corrected chi connectivity index (χ2v) is 25.6. The van der Waals surface area contributed by atoms with Gasteiger partial charge in [-0.25, -0.2) is 0 Å². The number of unbranched alkanes of at least 4 members (excludes halogenated alkanes) is 55. The molecule has 6 heteroatoms. The Labute approximate surface area is 507 Å². The molecular formula is C75H145NO5. The minimum Gasteiger partial charge on any atom is -0.466 e. The van der Waals surface area contributed by atoms with Crippen LogP contribution in [0.3, 0.4) is 0 Å². The van der Waals surface area contributed by atoms with Gasteiger partial charge in [0.05, 0.1) is 25.4 Å². The Morgan fingerprint density at radius 2 is 0.580 bits per heavy atom. The lowest BCUT2D eigenvalue weighted by molar-refractivity contribution is -0.143. The van der Waals surface area contributed by atoms with Gasteiger partial charge in [-0.05, 0) is 77.0 Å². The summed E-state index contributed by atoms with van der Waals surface area (Å²) in [5.41, 5.74) is 0. The predicted molar refractivity (Wildman–Crippen MR) is 356 cm³/mol. The van der Waals surface area contributed by atoms with Gasteiger partial charge in [-0.15, -0.1) is 0 Å². The van der Waals surface area contributed by atoms with Crippen molar-refractivity contribution in [2.24, 2.45) is 0 Å². The molecule has 3 N–H and O–H groups in total. The minimum atomic E-state index is -0.665. The highest BCUT2D eigenvalue weighted by Gasteiger charge is 2.20. The highest BCUT2D eigenvalue weighted by atomic mass is 16.5. The van der Waals surface area contributed by atoms with Crippen LogP contribution in [0.2, 0.25) is 0 Å². The quantitative estimate of drug-likeness (QED) is 0.0320. The third-order valence-corrected chi connectivity index (χ3v) is 17.5. The first-order chi connectivity index (χ1) is 40.0. The largest absolute Gasteiger partial charge is 0.466 e. The third kappa shape index (κ3) is 67.3. The average Bonchev–Trinajstić information content (AvgIpc) is 3.47. The molecule has 0 saturated carbocycles. The molecule has 0 fully saturated rings. The molecule has 6 nitrogen and oxygen atoms in total. The summed E-state index contributed by atoms with van der Waals surface area (Å²) in [4.78, 5) is 24.7. The molecule has 0 spiro atoms. The molecule has 0 aliphatic carbocycles. The van der Waals surface area contributed by atoms with Gasteiger partial charge in [-0.1, -0.05) is 353 Å². The van der Waals surface area contributed by atoms with Crippen LogP contribution in [0.5, 0.6) is 0 Å². The minimum absolute atomic E-state index is 0.0132. The van der Waals surface area contributed by atoms with E-state index in [2.05, 4.69) is 43.5 Å². The molecule has 0 bridgehead atoms. The number of rotatable bonds is 70. The second-order valence-electron chi connectivity index (χ2n) is 25.6. The van der Waals surface area contributed by atoms with Crippen LogP contribution in [0, 0.1) is 0 Å². The van der Waals surface area contributed by atoms with E-state index >= 15 is 0 Å². The first kappa shape index (κ1) is 79.3. The van der Waals surface area contributed by atoms with Gasteiger partial charge in [0.1, 0.15) is 0 Å². The van der Waals surface area contributed by atoms with Gasteiger partial charge < -0.3 is 20.3 Å². The Kier molecular flexibility index (Phi) is 69.4. The topological polar surface area (TPSA) is 95.9 Å². The first-order valence-electron chi connectivity index (χ1n) is 37.1. The lowest BCUT2D eigenvalue weighted by Crippen LogP contribution is -2.45. The number of ether oxygens (including phenoxy) is 1. The second kappa shape index (κ2) is 70.8. The zero-order valence-electron chi connectivity index (χ0n) is 55.0. The maximum absolute atomic E-state index is 12.5. The fourth-order valence-electron chi connectivity index (χ4n) is 11.8. The third-order valence-electron chi connectivity index (χ3n) is 17.5. The van der Waals surface area contributed by atoms with Crippen molar-refractivity contribution in [2.45, 2.75) is 431 Å². The molecule has 0 aromatic carbocycles. The number of aliphatic hydroxyl groups excluding tert-OH is 2. The van der Waals surface area contributed by atoms with Crippen molar-refractivity contribution in [3.05, 3.63) is 24.3 Å². The molecule has 480 valence electrons. The van der Waals surface area contributed by atoms with Crippen LogP contribution in [0.15, 0.2) is 24.3 Å². The number of hydrogen-bond acceptors (Lipinski definition) is 5. The van der Waals surface area contributed by atoms with Crippen LogP contribution >= 0.6 is 0 Å². The highest BCUT2D eigenvalue weighted by Crippen LogP contribution is 2.19. The van der Waals surface area contributed by atoms with Crippen molar-refractivity contribution in [1.29, 1.82) is 0 Å². The predicted octanol–water partition coefficient (Wildman–Crippen LogP) is 24.1. The van der Waals surface area contributed by atoms with Gasteiger partial charge in [0.25, 0.3) is 0 Å². The molecule has 0 aliphatic heterocycles. The number of carbonyl (C=O) groups excluding carboxylic acids is 2. The van der Waals surface area contributed by atoms with Crippen LogP contribution in [-0.4, -0.2) is 47.4 Å². The number of aliphatic hydroxyl groups is 2. The Morgan fingerprint density at radius 3 is 0.877 bits per heavy atom. The standard InChI is InChI=1S/C75H145NO5/c1-3-5-7-9-11-13-15-17-19-21-32-35-39-43-47-51-55-59-63-67-73(78)72(71-77)76-74(79)68-64-60-56-52-48-44-40-36-33-30-28-26-24-23-25-27-29-31-34-38-42-46-50-54-58-62-66-70-81-75(80)69-65-61-57-53-49-45-41-37-22-20-18-16-14-12-10-8-6-4-2/h20,22-24,72-73,77-78H,3-19,21,25-71H2,1-2H3,(H,76,79)/b22-20-,24-23-. The van der Waals surface area contributed by atoms with E-state index in [1.807, 2.05) is 0 Å². The van der Waals surface area contributed by atoms with Crippen LogP contribution in [0.4, 0.5) is 0 Å². The molecule has 0 saturated heterocycles. The van der Waals surface area contributed by atoms with Crippen molar-refractivity contribution >= 4 is 11.9 Å². The maximum atomic E-state index is 12.5. The molecule has 0 radical (unpaired) electrons. The van der Waals surface area contributed by atoms with Gasteiger partial charge in [0.2, 0.25) is 5.91 Å². The van der Waals surface area contributed by atoms with Gasteiger partial charge in [0, 0.05) is 12.8 Å². The zero-order chi connectivity index (χ0) is 58.5. The van der Waals surface area contributed by atoms with Crippen LogP contribution in [0.25, 0.3) is 0 Å². The summed E-state index contributed by atoms with van der Waals surface area (Å²) >= 11 is 0. The van der Waals surface area contributed by atoms with E-state index in [4.69, 9.17) is 4.74 Å². The Balaban J connectivity index is 3.37. The maximum Gasteiger partial charge on any atom is 0.305 e. The Bertz CT molecular complexity index is 1270. The summed E-state index contributed by atoms with van der Waals surface area (Å²) in [7, 11) is 0. The van der Waals surface area contributed by atoms with E-state index in [0.29, 0.717) is 25.9 Å². The monoisotopic (exact) mass is 1140 g/mol. The van der Waals surface area contributed by atoms with Crippen molar-refractivity contribution in [3.63, 3.8) is 0 Å². The summed E-state index contributed by atoms with van der Waals surface area (Å²) in [6.07, 6.45) is 89.5. The smallest absolute Gasteiger partial charge is 0.305 e. The van der Waals surface area contributed by atoms with Crippen molar-refractivity contribution in [2.75, 3.05) is 13.2 Å². The Hall–Kier alpha value is -1.66. The molecule has 2 atom stereocenters. The first-order valence-corrected chi connectivity index (χ1v) is 37.1. The zero-order valence-corrected chi connectivity index (χ0v) is 55.0. The molecule has 0 aliphatic rings.